The van der Waals surface area contributed by atoms with E-state index >= 15 is 0 Å². The maximum absolute atomic E-state index is 10.5. The predicted octanol–water partition coefficient (Wildman–Crippen LogP) is -7.41. The molecular formula is C8H10NNa2O6P. The monoisotopic (exact) mass is 293 g/mol. The predicted molar refractivity (Wildman–Crippen MR) is 49.1 cm³/mol. The Balaban J connectivity index is 0. The first kappa shape index (κ1) is 21.3. The average molecular weight is 293 g/mol. The number of nitrogens with zero attached hydrogens (tertiary/aromatic N) is 1. The quantitative estimate of drug-likeness (QED) is 0.417. The van der Waals surface area contributed by atoms with Gasteiger partial charge in [0.15, 0.2) is 5.75 Å². The van der Waals surface area contributed by atoms with E-state index in [1.807, 2.05) is 0 Å². The van der Waals surface area contributed by atoms with Crippen LogP contribution in [0.3, 0.4) is 0 Å². The minimum atomic E-state index is -5.22. The Morgan fingerprint density at radius 2 is 1.89 bits per heavy atom. The molecule has 0 saturated carbocycles. The fourth-order valence-corrected chi connectivity index (χ4v) is 1.68. The third-order valence-electron chi connectivity index (χ3n) is 1.94. The van der Waals surface area contributed by atoms with Crippen molar-refractivity contribution in [1.29, 1.82) is 0 Å². The number of aliphatic hydroxyl groups excluding tert-OH is 2. The van der Waals surface area contributed by atoms with E-state index in [0.29, 0.717) is 0 Å². The van der Waals surface area contributed by atoms with Crippen LogP contribution in [-0.4, -0.2) is 15.2 Å². The van der Waals surface area contributed by atoms with Gasteiger partial charge in [0, 0.05) is 17.3 Å². The summed E-state index contributed by atoms with van der Waals surface area (Å²) in [6.07, 6.45) is 1.27. The topological polar surface area (TPSA) is 126 Å². The molecule has 0 saturated heterocycles. The number of phosphoric acid groups is 1. The Morgan fingerprint density at radius 3 is 2.28 bits per heavy atom. The molecule has 0 unspecified atom stereocenters. The Bertz CT molecular complexity index is 438. The first-order chi connectivity index (χ1) is 7.39. The average Bonchev–Trinajstić information content (AvgIpc) is 2.19. The molecule has 1 aromatic heterocycles. The molecule has 2 N–H and O–H groups in total. The summed E-state index contributed by atoms with van der Waals surface area (Å²) in [6, 6.07) is 0. The molecule has 0 aliphatic heterocycles. The summed E-state index contributed by atoms with van der Waals surface area (Å²) in [4.78, 5) is 24.7. The Kier molecular flexibility index (Phi) is 10.7. The smallest absolute Gasteiger partial charge is 0.780 e. The maximum atomic E-state index is 10.5. The van der Waals surface area contributed by atoms with Gasteiger partial charge in [0.05, 0.1) is 18.9 Å². The molecule has 0 spiro atoms. The molecule has 0 aromatic carbocycles. The number of phosphoric ester groups is 1. The number of pyridine rings is 1. The standard InChI is InChI=1S/C8H12NO6P.2Na/c1-5-8(15-16(12,13)14)7(4-11)6(3-10)2-9-5;;/h2,10-11H,3-4H2,1H3,(H2,12,13,14);;/q;2*+1/p-2. The number of hydrogen-bond donors (Lipinski definition) is 2. The Morgan fingerprint density at radius 1 is 1.33 bits per heavy atom. The van der Waals surface area contributed by atoms with Crippen LogP contribution < -0.4 is 73.4 Å². The van der Waals surface area contributed by atoms with Crippen molar-refractivity contribution in [3.8, 4) is 5.75 Å². The molecule has 10 heteroatoms. The molecule has 18 heavy (non-hydrogen) atoms. The SMILES string of the molecule is Cc1ncc(CO)c(CO)c1OP(=O)([O-])[O-].[Na+].[Na+]. The second kappa shape index (κ2) is 9.05. The van der Waals surface area contributed by atoms with Crippen molar-refractivity contribution in [1.82, 2.24) is 4.98 Å². The van der Waals surface area contributed by atoms with E-state index in [0.717, 1.165) is 0 Å². The molecule has 0 radical (unpaired) electrons. The number of aromatic nitrogens is 1. The van der Waals surface area contributed by atoms with Crippen LogP contribution in [0.15, 0.2) is 6.20 Å². The van der Waals surface area contributed by atoms with Crippen LogP contribution in [0.1, 0.15) is 16.8 Å². The van der Waals surface area contributed by atoms with Crippen molar-refractivity contribution in [3.63, 3.8) is 0 Å². The van der Waals surface area contributed by atoms with Gasteiger partial charge in [0.2, 0.25) is 0 Å². The zero-order valence-electron chi connectivity index (χ0n) is 10.4. The van der Waals surface area contributed by atoms with Crippen LogP contribution in [0.25, 0.3) is 0 Å². The molecule has 0 aliphatic carbocycles. The third kappa shape index (κ3) is 5.98. The van der Waals surface area contributed by atoms with E-state index in [4.69, 9.17) is 10.2 Å². The van der Waals surface area contributed by atoms with E-state index in [-0.39, 0.29) is 81.7 Å². The van der Waals surface area contributed by atoms with Crippen molar-refractivity contribution in [2.75, 3.05) is 0 Å². The van der Waals surface area contributed by atoms with Crippen LogP contribution in [0, 0.1) is 6.92 Å². The summed E-state index contributed by atoms with van der Waals surface area (Å²) in [7, 11) is -5.22. The minimum absolute atomic E-state index is 0. The van der Waals surface area contributed by atoms with Gasteiger partial charge in [-0.25, -0.2) is 0 Å². The second-order valence-corrected chi connectivity index (χ2v) is 4.11. The number of aliphatic hydroxyl groups is 2. The van der Waals surface area contributed by atoms with Crippen molar-refractivity contribution >= 4 is 7.82 Å². The van der Waals surface area contributed by atoms with E-state index in [2.05, 4.69) is 9.51 Å². The van der Waals surface area contributed by atoms with Crippen LogP contribution in [0.5, 0.6) is 5.75 Å². The molecule has 0 aliphatic rings. The summed E-state index contributed by atoms with van der Waals surface area (Å²) >= 11 is 0. The molecule has 0 atom stereocenters. The normalized spacial score (nSPS) is 10.3. The van der Waals surface area contributed by atoms with Crippen LogP contribution >= 0.6 is 7.82 Å². The second-order valence-electron chi connectivity index (χ2n) is 3.03. The van der Waals surface area contributed by atoms with E-state index in [9.17, 15) is 14.4 Å². The summed E-state index contributed by atoms with van der Waals surface area (Å²) in [5, 5.41) is 18.0. The van der Waals surface area contributed by atoms with Gasteiger partial charge in [0.25, 0.3) is 0 Å². The van der Waals surface area contributed by atoms with E-state index in [1.54, 1.807) is 0 Å². The third-order valence-corrected chi connectivity index (χ3v) is 2.34. The number of aryl methyl sites for hydroxylation is 1. The molecule has 0 bridgehead atoms. The Hall–Kier alpha value is 1.02. The fourth-order valence-electron chi connectivity index (χ4n) is 1.22. The molecule has 90 valence electrons. The van der Waals surface area contributed by atoms with Crippen molar-refractivity contribution in [3.05, 3.63) is 23.0 Å². The molecule has 1 heterocycles. The van der Waals surface area contributed by atoms with Crippen molar-refractivity contribution < 1.29 is 88.2 Å². The maximum Gasteiger partial charge on any atom is 1.00 e. The number of hydrogen-bond acceptors (Lipinski definition) is 7. The van der Waals surface area contributed by atoms with Gasteiger partial charge in [-0.2, -0.15) is 0 Å². The van der Waals surface area contributed by atoms with Gasteiger partial charge >= 0.3 is 59.1 Å². The summed E-state index contributed by atoms with van der Waals surface area (Å²) in [5.41, 5.74) is 0.395. The summed E-state index contributed by atoms with van der Waals surface area (Å²) < 4.78 is 14.7. The van der Waals surface area contributed by atoms with E-state index < -0.39 is 21.0 Å². The van der Waals surface area contributed by atoms with Gasteiger partial charge in [-0.15, -0.1) is 0 Å². The first-order valence-corrected chi connectivity index (χ1v) is 5.76. The molecule has 7 nitrogen and oxygen atoms in total. The van der Waals surface area contributed by atoms with Gasteiger partial charge in [-0.3, -0.25) is 4.98 Å². The minimum Gasteiger partial charge on any atom is -0.780 e. The van der Waals surface area contributed by atoms with Crippen LogP contribution in [-0.2, 0) is 17.8 Å². The van der Waals surface area contributed by atoms with Crippen LogP contribution in [0.2, 0.25) is 0 Å². The molecular weight excluding hydrogens is 283 g/mol. The molecule has 1 aromatic rings. The van der Waals surface area contributed by atoms with Crippen molar-refractivity contribution in [2.24, 2.45) is 0 Å². The van der Waals surface area contributed by atoms with Gasteiger partial charge in [0.1, 0.15) is 7.82 Å². The fraction of sp³-hybridized carbons (Fsp3) is 0.375. The summed E-state index contributed by atoms with van der Waals surface area (Å²) in [6.45, 7) is 0.418. The van der Waals surface area contributed by atoms with Gasteiger partial charge in [-0.05, 0) is 6.92 Å². The zero-order chi connectivity index (χ0) is 12.3. The zero-order valence-corrected chi connectivity index (χ0v) is 15.3. The molecule has 0 fully saturated rings. The van der Waals surface area contributed by atoms with Gasteiger partial charge < -0.3 is 29.1 Å². The molecule has 1 rings (SSSR count). The first-order valence-electron chi connectivity index (χ1n) is 4.29. The Labute approximate surface area is 148 Å². The number of rotatable bonds is 4. The van der Waals surface area contributed by atoms with Crippen LogP contribution in [0.4, 0.5) is 0 Å². The van der Waals surface area contributed by atoms with Gasteiger partial charge in [-0.1, -0.05) is 0 Å². The molecule has 0 amide bonds. The van der Waals surface area contributed by atoms with E-state index in [1.165, 1.54) is 13.1 Å². The largest absolute Gasteiger partial charge is 1.00 e. The summed E-state index contributed by atoms with van der Waals surface area (Å²) in [5.74, 6) is -0.317. The van der Waals surface area contributed by atoms with Crippen molar-refractivity contribution in [2.45, 2.75) is 20.1 Å².